The number of ether oxygens (including phenoxy) is 2. The molecule has 0 amide bonds. The molecule has 18 heavy (non-hydrogen) atoms. The van der Waals surface area contributed by atoms with Crippen molar-refractivity contribution in [3.8, 4) is 0 Å². The zero-order valence-corrected chi connectivity index (χ0v) is 12.2. The fourth-order valence-electron chi connectivity index (χ4n) is 1.68. The summed E-state index contributed by atoms with van der Waals surface area (Å²) in [5, 5.41) is 12.4. The maximum absolute atomic E-state index is 5.55. The second-order valence-electron chi connectivity index (χ2n) is 3.93. The summed E-state index contributed by atoms with van der Waals surface area (Å²) in [4.78, 5) is 0. The molecule has 1 aliphatic rings. The van der Waals surface area contributed by atoms with Crippen molar-refractivity contribution in [1.82, 2.24) is 10.2 Å². The normalized spacial score (nSPS) is 19.3. The predicted octanol–water partition coefficient (Wildman–Crippen LogP) is 2.26. The molecule has 0 bridgehead atoms. The van der Waals surface area contributed by atoms with Crippen molar-refractivity contribution in [3.05, 3.63) is 0 Å². The Morgan fingerprint density at radius 2 is 2.50 bits per heavy atom. The summed E-state index contributed by atoms with van der Waals surface area (Å²) in [5.41, 5.74) is 0. The minimum absolute atomic E-state index is 0.336. The van der Waals surface area contributed by atoms with E-state index in [0.29, 0.717) is 6.10 Å². The third-order valence-electron chi connectivity index (χ3n) is 2.57. The van der Waals surface area contributed by atoms with Gasteiger partial charge >= 0.3 is 0 Å². The van der Waals surface area contributed by atoms with Crippen LogP contribution in [0, 0.1) is 0 Å². The fraction of sp³-hybridized carbons (Fsp3) is 0.818. The Labute approximate surface area is 116 Å². The van der Waals surface area contributed by atoms with Gasteiger partial charge in [-0.2, -0.15) is 0 Å². The molecular formula is C11H19N3O2S2. The molecule has 0 saturated carbocycles. The zero-order valence-electron chi connectivity index (χ0n) is 10.6. The Balaban J connectivity index is 1.65. The van der Waals surface area contributed by atoms with Gasteiger partial charge in [-0.15, -0.1) is 10.2 Å². The van der Waals surface area contributed by atoms with Crippen molar-refractivity contribution >= 4 is 28.2 Å². The van der Waals surface area contributed by atoms with E-state index in [9.17, 15) is 0 Å². The molecule has 0 aromatic carbocycles. The summed E-state index contributed by atoms with van der Waals surface area (Å²) in [6.45, 7) is 5.26. The van der Waals surface area contributed by atoms with E-state index in [2.05, 4.69) is 15.5 Å². The lowest BCUT2D eigenvalue weighted by Crippen LogP contribution is -2.18. The molecule has 1 N–H and O–H groups in total. The van der Waals surface area contributed by atoms with E-state index in [-0.39, 0.29) is 0 Å². The smallest absolute Gasteiger partial charge is 0.206 e. The van der Waals surface area contributed by atoms with Gasteiger partial charge < -0.3 is 14.8 Å². The van der Waals surface area contributed by atoms with Crippen LogP contribution in [-0.4, -0.2) is 48.4 Å². The summed E-state index contributed by atoms with van der Waals surface area (Å²) in [6, 6.07) is 0. The number of hydrogen-bond acceptors (Lipinski definition) is 7. The molecule has 1 fully saturated rings. The maximum atomic E-state index is 5.55. The Hall–Kier alpha value is -0.370. The molecular weight excluding hydrogens is 270 g/mol. The minimum Gasteiger partial charge on any atom is -0.381 e. The quantitative estimate of drug-likeness (QED) is 0.585. The molecule has 0 radical (unpaired) electrons. The van der Waals surface area contributed by atoms with Crippen LogP contribution in [0.5, 0.6) is 0 Å². The van der Waals surface area contributed by atoms with Crippen molar-refractivity contribution in [3.63, 3.8) is 0 Å². The predicted molar refractivity (Wildman–Crippen MR) is 74.6 cm³/mol. The van der Waals surface area contributed by atoms with Crippen LogP contribution in [0.3, 0.4) is 0 Å². The summed E-state index contributed by atoms with van der Waals surface area (Å²) >= 11 is 3.28. The number of nitrogens with one attached hydrogen (secondary N) is 1. The lowest BCUT2D eigenvalue weighted by molar-refractivity contribution is 0.120. The highest BCUT2D eigenvalue weighted by molar-refractivity contribution is 8.01. The van der Waals surface area contributed by atoms with Gasteiger partial charge in [-0.25, -0.2) is 0 Å². The lowest BCUT2D eigenvalue weighted by Gasteiger charge is -2.08. The van der Waals surface area contributed by atoms with Gasteiger partial charge in [0.05, 0.1) is 12.7 Å². The molecule has 1 saturated heterocycles. The van der Waals surface area contributed by atoms with Gasteiger partial charge in [-0.1, -0.05) is 23.1 Å². The van der Waals surface area contributed by atoms with Crippen LogP contribution in [0.2, 0.25) is 0 Å². The fourth-order valence-corrected chi connectivity index (χ4v) is 3.36. The molecule has 1 unspecified atom stereocenters. The molecule has 0 aliphatic carbocycles. The Kier molecular flexibility index (Phi) is 6.19. The van der Waals surface area contributed by atoms with Crippen LogP contribution < -0.4 is 5.32 Å². The first-order valence-electron chi connectivity index (χ1n) is 6.28. The van der Waals surface area contributed by atoms with E-state index in [4.69, 9.17) is 9.47 Å². The van der Waals surface area contributed by atoms with Crippen LogP contribution in [0.15, 0.2) is 4.34 Å². The van der Waals surface area contributed by atoms with Crippen molar-refractivity contribution in [2.24, 2.45) is 0 Å². The van der Waals surface area contributed by atoms with E-state index >= 15 is 0 Å². The zero-order chi connectivity index (χ0) is 12.6. The van der Waals surface area contributed by atoms with E-state index < -0.39 is 0 Å². The Morgan fingerprint density at radius 1 is 1.56 bits per heavy atom. The highest BCUT2D eigenvalue weighted by Gasteiger charge is 2.15. The van der Waals surface area contributed by atoms with Crippen molar-refractivity contribution < 1.29 is 9.47 Å². The molecule has 1 aromatic heterocycles. The highest BCUT2D eigenvalue weighted by Crippen LogP contribution is 2.25. The second-order valence-corrected chi connectivity index (χ2v) is 6.25. The third-order valence-corrected chi connectivity index (χ3v) is 4.55. The number of rotatable bonds is 8. The van der Waals surface area contributed by atoms with E-state index in [1.165, 1.54) is 6.42 Å². The SMILES string of the molecule is CCOCCSc1nnc(NCC2CCCO2)s1. The minimum atomic E-state index is 0.336. The van der Waals surface area contributed by atoms with Gasteiger partial charge in [0.2, 0.25) is 5.13 Å². The molecule has 2 rings (SSSR count). The summed E-state index contributed by atoms with van der Waals surface area (Å²) in [5.74, 6) is 0.925. The average molecular weight is 289 g/mol. The molecule has 102 valence electrons. The summed E-state index contributed by atoms with van der Waals surface area (Å²) < 4.78 is 11.8. The molecule has 1 atom stereocenters. The number of aromatic nitrogens is 2. The van der Waals surface area contributed by atoms with E-state index in [0.717, 1.165) is 48.0 Å². The first-order chi connectivity index (χ1) is 8.88. The molecule has 1 aromatic rings. The van der Waals surface area contributed by atoms with Gasteiger partial charge in [-0.3, -0.25) is 0 Å². The lowest BCUT2D eigenvalue weighted by atomic mass is 10.2. The van der Waals surface area contributed by atoms with Crippen LogP contribution in [-0.2, 0) is 9.47 Å². The molecule has 2 heterocycles. The third kappa shape index (κ3) is 4.72. The van der Waals surface area contributed by atoms with Gasteiger partial charge in [-0.05, 0) is 19.8 Å². The Morgan fingerprint density at radius 3 is 3.28 bits per heavy atom. The average Bonchev–Trinajstić information content (AvgIpc) is 3.03. The molecule has 0 spiro atoms. The number of hydrogen-bond donors (Lipinski definition) is 1. The number of nitrogens with zero attached hydrogens (tertiary/aromatic N) is 2. The van der Waals surface area contributed by atoms with Crippen molar-refractivity contribution in [1.29, 1.82) is 0 Å². The molecule has 5 nitrogen and oxygen atoms in total. The van der Waals surface area contributed by atoms with Gasteiger partial charge in [0, 0.05) is 25.5 Å². The van der Waals surface area contributed by atoms with Crippen LogP contribution >= 0.6 is 23.1 Å². The number of anilines is 1. The standard InChI is InChI=1S/C11H19N3O2S2/c1-2-15-6-7-17-11-14-13-10(18-11)12-8-9-4-3-5-16-9/h9H,2-8H2,1H3,(H,12,13). The second kappa shape index (κ2) is 7.93. The van der Waals surface area contributed by atoms with E-state index in [1.54, 1.807) is 23.1 Å². The maximum Gasteiger partial charge on any atom is 0.206 e. The number of thioether (sulfide) groups is 1. The van der Waals surface area contributed by atoms with E-state index in [1.807, 2.05) is 6.92 Å². The van der Waals surface area contributed by atoms with Gasteiger partial charge in [0.25, 0.3) is 0 Å². The molecule has 7 heteroatoms. The van der Waals surface area contributed by atoms with Crippen molar-refractivity contribution in [2.75, 3.05) is 37.4 Å². The Bertz CT molecular complexity index is 343. The topological polar surface area (TPSA) is 56.3 Å². The summed E-state index contributed by atoms with van der Waals surface area (Å²) in [6.07, 6.45) is 2.64. The van der Waals surface area contributed by atoms with Crippen molar-refractivity contribution in [2.45, 2.75) is 30.2 Å². The van der Waals surface area contributed by atoms with Crippen LogP contribution in [0.25, 0.3) is 0 Å². The summed E-state index contributed by atoms with van der Waals surface area (Å²) in [7, 11) is 0. The molecule has 1 aliphatic heterocycles. The van der Waals surface area contributed by atoms with Gasteiger partial charge in [0.1, 0.15) is 0 Å². The van der Waals surface area contributed by atoms with Crippen LogP contribution in [0.1, 0.15) is 19.8 Å². The first kappa shape index (κ1) is 14.0. The largest absolute Gasteiger partial charge is 0.381 e. The van der Waals surface area contributed by atoms with Gasteiger partial charge in [0.15, 0.2) is 4.34 Å². The monoisotopic (exact) mass is 289 g/mol. The highest BCUT2D eigenvalue weighted by atomic mass is 32.2. The van der Waals surface area contributed by atoms with Crippen LogP contribution in [0.4, 0.5) is 5.13 Å². The first-order valence-corrected chi connectivity index (χ1v) is 8.08.